The number of halogens is 3. The molecule has 0 spiro atoms. The van der Waals surface area contributed by atoms with Crippen LogP contribution in [0, 0.1) is 0 Å². The van der Waals surface area contributed by atoms with Crippen molar-refractivity contribution < 1.29 is 27.8 Å². The highest BCUT2D eigenvalue weighted by Gasteiger charge is 2.32. The van der Waals surface area contributed by atoms with E-state index < -0.39 is 17.8 Å². The Kier molecular flexibility index (Phi) is 5.57. The molecular weight excluding hydrogens is 351 g/mol. The first-order valence-corrected chi connectivity index (χ1v) is 8.57. The van der Waals surface area contributed by atoms with Crippen LogP contribution < -0.4 is 4.90 Å². The van der Waals surface area contributed by atoms with Crippen LogP contribution in [-0.4, -0.2) is 73.5 Å². The molecule has 3 rings (SSSR count). The molecule has 2 saturated heterocycles. The summed E-state index contributed by atoms with van der Waals surface area (Å²) in [6.45, 7) is 4.54. The number of ether oxygens (including phenoxy) is 1. The van der Waals surface area contributed by atoms with Gasteiger partial charge in [-0.3, -0.25) is 4.90 Å². The van der Waals surface area contributed by atoms with Gasteiger partial charge in [0.1, 0.15) is 0 Å². The van der Waals surface area contributed by atoms with Gasteiger partial charge in [0.05, 0.1) is 18.8 Å². The number of amides is 1. The molecule has 0 bridgehead atoms. The van der Waals surface area contributed by atoms with Crippen LogP contribution in [0.25, 0.3) is 0 Å². The zero-order valence-corrected chi connectivity index (χ0v) is 14.3. The van der Waals surface area contributed by atoms with Crippen molar-refractivity contribution in [3.8, 4) is 0 Å². The third-order valence-corrected chi connectivity index (χ3v) is 4.80. The Morgan fingerprint density at radius 3 is 2.31 bits per heavy atom. The highest BCUT2D eigenvalue weighted by molar-refractivity contribution is 5.65. The van der Waals surface area contributed by atoms with Crippen molar-refractivity contribution in [2.24, 2.45) is 0 Å². The van der Waals surface area contributed by atoms with Crippen LogP contribution in [0.2, 0.25) is 0 Å². The fourth-order valence-electron chi connectivity index (χ4n) is 3.31. The molecular formula is C17H22F3N3O3. The van der Waals surface area contributed by atoms with Gasteiger partial charge in [-0.1, -0.05) is 6.07 Å². The molecule has 0 aliphatic carbocycles. The predicted molar refractivity (Wildman–Crippen MR) is 89.4 cm³/mol. The molecule has 26 heavy (non-hydrogen) atoms. The molecule has 144 valence electrons. The molecule has 9 heteroatoms. The van der Waals surface area contributed by atoms with E-state index >= 15 is 0 Å². The molecule has 2 fully saturated rings. The summed E-state index contributed by atoms with van der Waals surface area (Å²) in [5.41, 5.74) is 0.755. The minimum absolute atomic E-state index is 0.406. The lowest BCUT2D eigenvalue weighted by Gasteiger charge is -2.35. The van der Waals surface area contributed by atoms with Gasteiger partial charge in [-0.05, 0) is 17.7 Å². The number of hydrogen-bond donors (Lipinski definition) is 1. The highest BCUT2D eigenvalue weighted by atomic mass is 19.4. The molecule has 0 unspecified atom stereocenters. The van der Waals surface area contributed by atoms with Gasteiger partial charge in [0.2, 0.25) is 0 Å². The molecule has 2 aliphatic rings. The smallest absolute Gasteiger partial charge is 0.416 e. The van der Waals surface area contributed by atoms with Crippen molar-refractivity contribution >= 4 is 11.8 Å². The average Bonchev–Trinajstić information content (AvgIpc) is 2.62. The van der Waals surface area contributed by atoms with Crippen LogP contribution >= 0.6 is 0 Å². The summed E-state index contributed by atoms with van der Waals surface area (Å²) in [5, 5.41) is 9.02. The van der Waals surface area contributed by atoms with E-state index in [0.29, 0.717) is 64.7 Å². The van der Waals surface area contributed by atoms with Crippen molar-refractivity contribution in [1.29, 1.82) is 0 Å². The van der Waals surface area contributed by atoms with Crippen LogP contribution in [-0.2, 0) is 17.5 Å². The monoisotopic (exact) mass is 373 g/mol. The Hall–Kier alpha value is -2.00. The molecule has 0 atom stereocenters. The van der Waals surface area contributed by atoms with E-state index in [9.17, 15) is 18.0 Å². The Bertz CT molecular complexity index is 640. The van der Waals surface area contributed by atoms with Crippen molar-refractivity contribution in [2.45, 2.75) is 12.7 Å². The second-order valence-corrected chi connectivity index (χ2v) is 6.49. The van der Waals surface area contributed by atoms with Gasteiger partial charge in [0.25, 0.3) is 0 Å². The highest BCUT2D eigenvalue weighted by Crippen LogP contribution is 2.34. The van der Waals surface area contributed by atoms with Gasteiger partial charge in [-0.15, -0.1) is 0 Å². The number of alkyl halides is 3. The lowest BCUT2D eigenvalue weighted by Crippen LogP contribution is -2.48. The summed E-state index contributed by atoms with van der Waals surface area (Å²) in [6.07, 6.45) is -5.32. The van der Waals surface area contributed by atoms with Gasteiger partial charge in [0, 0.05) is 51.5 Å². The molecule has 2 aliphatic heterocycles. The molecule has 6 nitrogen and oxygen atoms in total. The Labute approximate surface area is 149 Å². The average molecular weight is 373 g/mol. The van der Waals surface area contributed by atoms with E-state index in [1.165, 1.54) is 17.0 Å². The van der Waals surface area contributed by atoms with Gasteiger partial charge in [0.15, 0.2) is 0 Å². The zero-order valence-electron chi connectivity index (χ0n) is 14.3. The quantitative estimate of drug-likeness (QED) is 0.882. The number of piperazine rings is 1. The maximum Gasteiger partial charge on any atom is 0.416 e. The van der Waals surface area contributed by atoms with E-state index in [2.05, 4.69) is 4.90 Å². The number of carbonyl (C=O) groups is 1. The predicted octanol–water partition coefficient (Wildman–Crippen LogP) is 2.34. The fraction of sp³-hybridized carbons (Fsp3) is 0.588. The number of hydrogen-bond acceptors (Lipinski definition) is 4. The lowest BCUT2D eigenvalue weighted by atomic mass is 10.1. The minimum Gasteiger partial charge on any atom is -0.465 e. The molecule has 1 amide bonds. The van der Waals surface area contributed by atoms with E-state index in [4.69, 9.17) is 9.84 Å². The van der Waals surface area contributed by atoms with Crippen LogP contribution in [0.1, 0.15) is 11.1 Å². The Balaban J connectivity index is 1.78. The lowest BCUT2D eigenvalue weighted by molar-refractivity contribution is -0.137. The maximum absolute atomic E-state index is 13.1. The van der Waals surface area contributed by atoms with Crippen molar-refractivity contribution in [3.63, 3.8) is 0 Å². The van der Waals surface area contributed by atoms with Gasteiger partial charge in [-0.25, -0.2) is 4.79 Å². The third-order valence-electron chi connectivity index (χ3n) is 4.80. The van der Waals surface area contributed by atoms with E-state index in [1.807, 2.05) is 4.90 Å². The maximum atomic E-state index is 13.1. The van der Waals surface area contributed by atoms with Gasteiger partial charge < -0.3 is 19.6 Å². The topological polar surface area (TPSA) is 56.2 Å². The summed E-state index contributed by atoms with van der Waals surface area (Å²) in [4.78, 5) is 16.4. The first-order chi connectivity index (χ1) is 12.3. The standard InChI is InChI=1S/C17H22F3N3O3/c18-17(19,20)14-2-1-13(15(11-14)22-7-9-26-10-8-22)12-21-3-5-23(6-4-21)16(24)25/h1-2,11H,3-10,12H2,(H,24,25). The molecule has 1 N–H and O–H groups in total. The zero-order chi connectivity index (χ0) is 18.7. The number of benzene rings is 1. The number of morpholine rings is 1. The molecule has 1 aromatic carbocycles. The molecule has 0 radical (unpaired) electrons. The van der Waals surface area contributed by atoms with Gasteiger partial charge >= 0.3 is 12.3 Å². The third kappa shape index (κ3) is 4.39. The molecule has 0 aromatic heterocycles. The largest absolute Gasteiger partial charge is 0.465 e. The number of rotatable bonds is 3. The number of nitrogens with zero attached hydrogens (tertiary/aromatic N) is 3. The molecule has 2 heterocycles. The second kappa shape index (κ2) is 7.71. The van der Waals surface area contributed by atoms with Crippen LogP contribution in [0.4, 0.5) is 23.7 Å². The summed E-state index contributed by atoms with van der Waals surface area (Å²) in [5.74, 6) is 0. The molecule has 1 aromatic rings. The SMILES string of the molecule is O=C(O)N1CCN(Cc2ccc(C(F)(F)F)cc2N2CCOCC2)CC1. The first kappa shape index (κ1) is 18.8. The van der Waals surface area contributed by atoms with E-state index in [-0.39, 0.29) is 0 Å². The summed E-state index contributed by atoms with van der Waals surface area (Å²) >= 11 is 0. The van der Waals surface area contributed by atoms with Crippen LogP contribution in [0.3, 0.4) is 0 Å². The first-order valence-electron chi connectivity index (χ1n) is 8.57. The Morgan fingerprint density at radius 2 is 1.73 bits per heavy atom. The minimum atomic E-state index is -4.38. The summed E-state index contributed by atoms with van der Waals surface area (Å²) < 4.78 is 44.7. The van der Waals surface area contributed by atoms with E-state index in [1.54, 1.807) is 0 Å². The van der Waals surface area contributed by atoms with Crippen molar-refractivity contribution in [3.05, 3.63) is 29.3 Å². The Morgan fingerprint density at radius 1 is 1.08 bits per heavy atom. The number of carboxylic acid groups (broad SMARTS) is 1. The van der Waals surface area contributed by atoms with E-state index in [0.717, 1.165) is 11.6 Å². The molecule has 0 saturated carbocycles. The number of anilines is 1. The van der Waals surface area contributed by atoms with Crippen molar-refractivity contribution in [2.75, 3.05) is 57.4 Å². The van der Waals surface area contributed by atoms with Crippen LogP contribution in [0.15, 0.2) is 18.2 Å². The van der Waals surface area contributed by atoms with Gasteiger partial charge in [-0.2, -0.15) is 13.2 Å². The normalized spacial score (nSPS) is 19.7. The second-order valence-electron chi connectivity index (χ2n) is 6.49. The van der Waals surface area contributed by atoms with Crippen LogP contribution in [0.5, 0.6) is 0 Å². The van der Waals surface area contributed by atoms with Crippen molar-refractivity contribution in [1.82, 2.24) is 9.80 Å². The fourth-order valence-corrected chi connectivity index (χ4v) is 3.31. The summed E-state index contributed by atoms with van der Waals surface area (Å²) in [6, 6.07) is 3.87. The summed E-state index contributed by atoms with van der Waals surface area (Å²) in [7, 11) is 0.